The van der Waals surface area contributed by atoms with Gasteiger partial charge in [0.05, 0.1) is 11.5 Å². The lowest BCUT2D eigenvalue weighted by molar-refractivity contribution is -0.118. The maximum atomic E-state index is 13.5. The molecule has 3 aromatic rings. The summed E-state index contributed by atoms with van der Waals surface area (Å²) in [7, 11) is -3.67. The van der Waals surface area contributed by atoms with E-state index in [0.29, 0.717) is 18.7 Å². The number of rotatable bonds is 8. The normalized spacial score (nSPS) is 18.0. The maximum Gasteiger partial charge on any atom is 0.243 e. The van der Waals surface area contributed by atoms with Crippen LogP contribution in [0.3, 0.4) is 0 Å². The first-order valence-electron chi connectivity index (χ1n) is 11.5. The van der Waals surface area contributed by atoms with E-state index in [1.807, 2.05) is 68.4 Å². The molecule has 1 saturated heterocycles. The number of ketones is 1. The molecule has 0 aromatic heterocycles. The lowest BCUT2D eigenvalue weighted by Crippen LogP contribution is -2.28. The van der Waals surface area contributed by atoms with Crippen molar-refractivity contribution < 1.29 is 17.9 Å². The van der Waals surface area contributed by atoms with Crippen molar-refractivity contribution in [3.63, 3.8) is 0 Å². The number of benzene rings is 3. The first-order chi connectivity index (χ1) is 16.8. The van der Waals surface area contributed by atoms with Crippen LogP contribution in [0.4, 0.5) is 0 Å². The Morgan fingerprint density at radius 1 is 1.00 bits per heavy atom. The molecule has 7 heteroatoms. The van der Waals surface area contributed by atoms with E-state index < -0.39 is 10.0 Å². The van der Waals surface area contributed by atoms with E-state index in [-0.39, 0.29) is 29.7 Å². The van der Waals surface area contributed by atoms with E-state index in [0.717, 1.165) is 26.7 Å². The Bertz CT molecular complexity index is 1320. The molecule has 35 heavy (non-hydrogen) atoms. The predicted octanol–water partition coefficient (Wildman–Crippen LogP) is 5.64. The number of carbonyl (C=O) groups is 1. The fourth-order valence-electron chi connectivity index (χ4n) is 4.24. The number of carbonyl (C=O) groups excluding carboxylic acids is 1. The topological polar surface area (TPSA) is 63.7 Å². The highest BCUT2D eigenvalue weighted by Crippen LogP contribution is 2.34. The van der Waals surface area contributed by atoms with Gasteiger partial charge in [0.25, 0.3) is 0 Å². The summed E-state index contributed by atoms with van der Waals surface area (Å²) in [4.78, 5) is 13.7. The summed E-state index contributed by atoms with van der Waals surface area (Å²) in [5, 5.41) is 0. The Morgan fingerprint density at radius 3 is 2.31 bits per heavy atom. The van der Waals surface area contributed by atoms with Crippen LogP contribution < -0.4 is 0 Å². The molecular formula is C28H28BrNO4S. The largest absolute Gasteiger partial charge is 0.369 e. The van der Waals surface area contributed by atoms with Gasteiger partial charge in [-0.1, -0.05) is 83.0 Å². The Kier molecular flexibility index (Phi) is 8.02. The summed E-state index contributed by atoms with van der Waals surface area (Å²) in [5.41, 5.74) is 4.11. The molecular weight excluding hydrogens is 526 g/mol. The Labute approximate surface area is 215 Å². The zero-order chi connectivity index (χ0) is 25.0. The van der Waals surface area contributed by atoms with Gasteiger partial charge in [-0.3, -0.25) is 4.79 Å². The van der Waals surface area contributed by atoms with E-state index in [2.05, 4.69) is 15.9 Å². The van der Waals surface area contributed by atoms with Gasteiger partial charge in [-0.25, -0.2) is 8.42 Å². The van der Waals surface area contributed by atoms with E-state index >= 15 is 0 Å². The average Bonchev–Trinajstić information content (AvgIpc) is 3.23. The van der Waals surface area contributed by atoms with Crippen molar-refractivity contribution in [2.45, 2.75) is 25.3 Å². The van der Waals surface area contributed by atoms with E-state index in [1.165, 1.54) is 4.31 Å². The quantitative estimate of drug-likeness (QED) is 0.339. The highest BCUT2D eigenvalue weighted by molar-refractivity contribution is 9.10. The standard InChI is InChI=1S/C28H28BrNO4S/c1-20-8-14-25(15-9-20)35(32,33)30-16-21(2)26(17-30)28(23-10-12-24(29)13-11-23)27(31)19-34-18-22-6-4-3-5-7-22/h3-15,21H,16-19H2,1-2H3/b28-26-/t21-/m0/s1. The molecule has 0 aliphatic carbocycles. The summed E-state index contributed by atoms with van der Waals surface area (Å²) in [5.74, 6) is -0.258. The Morgan fingerprint density at radius 2 is 1.66 bits per heavy atom. The van der Waals surface area contributed by atoms with Crippen molar-refractivity contribution in [2.24, 2.45) is 5.92 Å². The zero-order valence-corrected chi connectivity index (χ0v) is 22.2. The summed E-state index contributed by atoms with van der Waals surface area (Å²) in [6.45, 7) is 4.64. The molecule has 1 heterocycles. The molecule has 182 valence electrons. The van der Waals surface area contributed by atoms with Gasteiger partial charge in [0, 0.05) is 23.1 Å². The molecule has 5 nitrogen and oxygen atoms in total. The maximum absolute atomic E-state index is 13.5. The molecule has 4 rings (SSSR count). The number of nitrogens with zero attached hydrogens (tertiary/aromatic N) is 1. The van der Waals surface area contributed by atoms with Crippen molar-refractivity contribution in [2.75, 3.05) is 19.7 Å². The van der Waals surface area contributed by atoms with Gasteiger partial charge in [0.2, 0.25) is 10.0 Å². The third kappa shape index (κ3) is 5.98. The van der Waals surface area contributed by atoms with Gasteiger partial charge >= 0.3 is 0 Å². The van der Waals surface area contributed by atoms with Crippen molar-refractivity contribution in [1.29, 1.82) is 0 Å². The van der Waals surface area contributed by atoms with Crippen molar-refractivity contribution in [3.8, 4) is 0 Å². The van der Waals surface area contributed by atoms with Crippen molar-refractivity contribution in [3.05, 3.63) is 106 Å². The summed E-state index contributed by atoms with van der Waals surface area (Å²) >= 11 is 3.45. The zero-order valence-electron chi connectivity index (χ0n) is 19.8. The molecule has 0 amide bonds. The fourth-order valence-corrected chi connectivity index (χ4v) is 6.02. The second-order valence-electron chi connectivity index (χ2n) is 8.82. The average molecular weight is 555 g/mol. The number of hydrogen-bond acceptors (Lipinski definition) is 4. The smallest absolute Gasteiger partial charge is 0.243 e. The van der Waals surface area contributed by atoms with Crippen LogP contribution >= 0.6 is 15.9 Å². The van der Waals surface area contributed by atoms with Crippen LogP contribution in [0, 0.1) is 12.8 Å². The molecule has 1 atom stereocenters. The molecule has 1 aliphatic heterocycles. The summed E-state index contributed by atoms with van der Waals surface area (Å²) in [6, 6.07) is 24.1. The van der Waals surface area contributed by atoms with Crippen molar-refractivity contribution in [1.82, 2.24) is 4.31 Å². The van der Waals surface area contributed by atoms with Gasteiger partial charge in [-0.05, 0) is 53.8 Å². The molecule has 1 aliphatic rings. The second kappa shape index (κ2) is 11.0. The van der Waals surface area contributed by atoms with Gasteiger partial charge in [0.1, 0.15) is 6.61 Å². The minimum absolute atomic E-state index is 0.0821. The van der Waals surface area contributed by atoms with Crippen LogP contribution in [0.15, 0.2) is 93.8 Å². The van der Waals surface area contributed by atoms with Crippen LogP contribution in [-0.4, -0.2) is 38.2 Å². The van der Waals surface area contributed by atoms with E-state index in [1.54, 1.807) is 24.3 Å². The molecule has 0 unspecified atom stereocenters. The number of hydrogen-bond donors (Lipinski definition) is 0. The van der Waals surface area contributed by atoms with Crippen LogP contribution in [-0.2, 0) is 26.2 Å². The Hall–Kier alpha value is -2.58. The van der Waals surface area contributed by atoms with Crippen LogP contribution in [0.2, 0.25) is 0 Å². The second-order valence-corrected chi connectivity index (χ2v) is 11.7. The number of Topliss-reactive ketones (excluding diaryl/α,β-unsaturated/α-hetero) is 1. The van der Waals surface area contributed by atoms with Gasteiger partial charge in [-0.2, -0.15) is 4.31 Å². The number of aryl methyl sites for hydroxylation is 1. The number of halogens is 1. The summed E-state index contributed by atoms with van der Waals surface area (Å²) in [6.07, 6.45) is 0. The highest BCUT2D eigenvalue weighted by atomic mass is 79.9. The third-order valence-corrected chi connectivity index (χ3v) is 8.51. The molecule has 1 fully saturated rings. The molecule has 0 radical (unpaired) electrons. The highest BCUT2D eigenvalue weighted by Gasteiger charge is 2.36. The van der Waals surface area contributed by atoms with Gasteiger partial charge in [0.15, 0.2) is 5.78 Å². The van der Waals surface area contributed by atoms with Gasteiger partial charge in [-0.15, -0.1) is 0 Å². The SMILES string of the molecule is Cc1ccc(S(=O)(=O)N2C/C(=C(/C(=O)COCc3ccccc3)c3ccc(Br)cc3)[C@@H](C)C2)cc1. The van der Waals surface area contributed by atoms with Crippen molar-refractivity contribution >= 4 is 37.3 Å². The monoisotopic (exact) mass is 553 g/mol. The molecule has 0 N–H and O–H groups in total. The predicted molar refractivity (Wildman–Crippen MR) is 141 cm³/mol. The van der Waals surface area contributed by atoms with Crippen LogP contribution in [0.5, 0.6) is 0 Å². The summed E-state index contributed by atoms with van der Waals surface area (Å²) < 4.78 is 34.8. The lowest BCUT2D eigenvalue weighted by Gasteiger charge is -2.16. The van der Waals surface area contributed by atoms with Crippen LogP contribution in [0.1, 0.15) is 23.6 Å². The number of sulfonamides is 1. The molecule has 0 bridgehead atoms. The first-order valence-corrected chi connectivity index (χ1v) is 13.7. The number of ether oxygens (including phenoxy) is 1. The van der Waals surface area contributed by atoms with E-state index in [9.17, 15) is 13.2 Å². The molecule has 3 aromatic carbocycles. The fraction of sp³-hybridized carbons (Fsp3) is 0.250. The van der Waals surface area contributed by atoms with Crippen LogP contribution in [0.25, 0.3) is 5.57 Å². The third-order valence-electron chi connectivity index (χ3n) is 6.16. The molecule has 0 saturated carbocycles. The molecule has 0 spiro atoms. The van der Waals surface area contributed by atoms with Gasteiger partial charge < -0.3 is 4.74 Å². The lowest BCUT2D eigenvalue weighted by atomic mass is 9.91. The van der Waals surface area contributed by atoms with E-state index in [4.69, 9.17) is 4.74 Å². The minimum Gasteiger partial charge on any atom is -0.369 e. The minimum atomic E-state index is -3.67. The first kappa shape index (κ1) is 25.5. The Balaban J connectivity index is 1.63.